The van der Waals surface area contributed by atoms with E-state index in [1.165, 1.54) is 5.67 Å². The first-order valence-electron chi connectivity index (χ1n) is 4.20. The van der Waals surface area contributed by atoms with Gasteiger partial charge < -0.3 is 0 Å². The molecule has 2 nitrogen and oxygen atoms in total. The van der Waals surface area contributed by atoms with Crippen LogP contribution in [0.3, 0.4) is 0 Å². The molecule has 0 spiro atoms. The van der Waals surface area contributed by atoms with Crippen molar-refractivity contribution in [1.82, 2.24) is 0 Å². The summed E-state index contributed by atoms with van der Waals surface area (Å²) in [6.45, 7) is 2.70. The second-order valence-corrected chi connectivity index (χ2v) is 3.19. The van der Waals surface area contributed by atoms with Gasteiger partial charge >= 0.3 is 0 Å². The minimum absolute atomic E-state index is 0.663. The Labute approximate surface area is 93.3 Å². The minimum atomic E-state index is 0.663. The normalized spacial score (nSPS) is 11.6. The van der Waals surface area contributed by atoms with Crippen LogP contribution in [0.1, 0.15) is 12.5 Å². The Bertz CT molecular complexity index is 359. The van der Waals surface area contributed by atoms with Gasteiger partial charge in [0.05, 0.1) is 11.4 Å². The van der Waals surface area contributed by atoms with E-state index in [9.17, 15) is 0 Å². The van der Waals surface area contributed by atoms with Crippen LogP contribution in [0, 0.1) is 0 Å². The molecule has 0 heterocycles. The van der Waals surface area contributed by atoms with Gasteiger partial charge in [0.1, 0.15) is 0 Å². The van der Waals surface area contributed by atoms with Crippen LogP contribution in [-0.2, 0) is 0 Å². The average molecular weight is 229 g/mol. The molecule has 74 valence electrons. The van der Waals surface area contributed by atoms with Gasteiger partial charge in [0, 0.05) is 23.3 Å². The molecule has 4 heteroatoms. The summed E-state index contributed by atoms with van der Waals surface area (Å²) in [7, 11) is 0. The van der Waals surface area contributed by atoms with E-state index in [0.717, 1.165) is 17.8 Å². The molecule has 0 radical (unpaired) electrons. The van der Waals surface area contributed by atoms with Gasteiger partial charge in [-0.2, -0.15) is 0 Å². The number of benzene rings is 1. The lowest BCUT2D eigenvalue weighted by Crippen LogP contribution is -1.83. The molecule has 14 heavy (non-hydrogen) atoms. The summed E-state index contributed by atoms with van der Waals surface area (Å²) < 4.78 is 0. The minimum Gasteiger partial charge on any atom is -0.293 e. The van der Waals surface area contributed by atoms with Crippen molar-refractivity contribution in [3.8, 4) is 0 Å². The van der Waals surface area contributed by atoms with Crippen LogP contribution in [-0.4, -0.2) is 18.4 Å². The van der Waals surface area contributed by atoms with Gasteiger partial charge in [-0.1, -0.05) is 23.2 Å². The zero-order chi connectivity index (χ0) is 10.4. The third-order valence-corrected chi connectivity index (χ3v) is 1.92. The molecular weight excluding hydrogens is 219 g/mol. The van der Waals surface area contributed by atoms with Gasteiger partial charge in [-0.05, 0) is 25.1 Å². The summed E-state index contributed by atoms with van der Waals surface area (Å²) in [5.41, 5.74) is 2.87. The summed E-state index contributed by atoms with van der Waals surface area (Å²) in [4.78, 5) is 8.12. The van der Waals surface area contributed by atoms with Crippen molar-refractivity contribution in [1.29, 1.82) is 0 Å². The van der Waals surface area contributed by atoms with Crippen LogP contribution in [0.15, 0.2) is 28.2 Å². The van der Waals surface area contributed by atoms with E-state index < -0.39 is 0 Å². The van der Waals surface area contributed by atoms with E-state index in [0.29, 0.717) is 5.02 Å². The van der Waals surface area contributed by atoms with E-state index in [4.69, 9.17) is 23.2 Å². The quantitative estimate of drug-likeness (QED) is 0.706. The first-order chi connectivity index (χ1) is 6.77. The average Bonchev–Trinajstić information content (AvgIpc) is 2.18. The standard InChI is InChI=1S/C10H10Cl2N2/c1-2-13-6-8-5-9(12)3-4-10(8)14-7-11/h3-7H,2H2,1H3. The van der Waals surface area contributed by atoms with Crippen LogP contribution in [0.5, 0.6) is 0 Å². The number of aliphatic imine (C=N–C) groups is 2. The molecule has 0 aromatic heterocycles. The van der Waals surface area contributed by atoms with E-state index in [-0.39, 0.29) is 0 Å². The molecule has 0 aliphatic rings. The van der Waals surface area contributed by atoms with Gasteiger partial charge in [0.25, 0.3) is 0 Å². The molecule has 0 bridgehead atoms. The van der Waals surface area contributed by atoms with Gasteiger partial charge in [0.15, 0.2) is 0 Å². The maximum absolute atomic E-state index is 5.85. The van der Waals surface area contributed by atoms with Crippen molar-refractivity contribution in [3.05, 3.63) is 28.8 Å². The maximum atomic E-state index is 5.85. The Morgan fingerprint density at radius 1 is 1.43 bits per heavy atom. The number of hydrogen-bond acceptors (Lipinski definition) is 2. The Morgan fingerprint density at radius 3 is 2.86 bits per heavy atom. The smallest absolute Gasteiger partial charge is 0.0934 e. The highest BCUT2D eigenvalue weighted by molar-refractivity contribution is 6.56. The highest BCUT2D eigenvalue weighted by atomic mass is 35.5. The van der Waals surface area contributed by atoms with E-state index >= 15 is 0 Å². The molecule has 0 unspecified atom stereocenters. The molecule has 0 aliphatic heterocycles. The fraction of sp³-hybridized carbons (Fsp3) is 0.200. The Hall–Kier alpha value is -0.860. The van der Waals surface area contributed by atoms with Crippen LogP contribution >= 0.6 is 23.2 Å². The van der Waals surface area contributed by atoms with Crippen LogP contribution in [0.25, 0.3) is 0 Å². The topological polar surface area (TPSA) is 24.7 Å². The molecule has 0 fully saturated rings. The van der Waals surface area contributed by atoms with Crippen molar-refractivity contribution < 1.29 is 0 Å². The van der Waals surface area contributed by atoms with Gasteiger partial charge in [-0.25, -0.2) is 4.99 Å². The molecule has 1 aromatic carbocycles. The summed E-state index contributed by atoms with van der Waals surface area (Å²) in [6, 6.07) is 5.38. The molecule has 1 aromatic rings. The van der Waals surface area contributed by atoms with Crippen molar-refractivity contribution in [3.63, 3.8) is 0 Å². The van der Waals surface area contributed by atoms with E-state index in [2.05, 4.69) is 9.98 Å². The van der Waals surface area contributed by atoms with Crippen LogP contribution in [0.2, 0.25) is 5.02 Å². The molecule has 0 aliphatic carbocycles. The molecule has 1 rings (SSSR count). The van der Waals surface area contributed by atoms with Crippen LogP contribution in [0.4, 0.5) is 5.69 Å². The number of nitrogens with zero attached hydrogens (tertiary/aromatic N) is 2. The molecule has 0 amide bonds. The Morgan fingerprint density at radius 2 is 2.21 bits per heavy atom. The molecule has 0 saturated carbocycles. The fourth-order valence-electron chi connectivity index (χ4n) is 0.989. The SMILES string of the molecule is CCN=Cc1cc(Cl)ccc1N=CCl. The zero-order valence-electron chi connectivity index (χ0n) is 7.74. The predicted octanol–water partition coefficient (Wildman–Crippen LogP) is 3.68. The fourth-order valence-corrected chi connectivity index (χ4v) is 1.27. The van der Waals surface area contributed by atoms with Crippen molar-refractivity contribution >= 4 is 40.8 Å². The van der Waals surface area contributed by atoms with Crippen molar-refractivity contribution in [2.45, 2.75) is 6.92 Å². The largest absolute Gasteiger partial charge is 0.293 e. The second-order valence-electron chi connectivity index (χ2n) is 2.56. The highest BCUT2D eigenvalue weighted by Gasteiger charge is 1.98. The molecule has 0 saturated heterocycles. The lowest BCUT2D eigenvalue weighted by Gasteiger charge is -1.99. The van der Waals surface area contributed by atoms with Crippen molar-refractivity contribution in [2.24, 2.45) is 9.98 Å². The van der Waals surface area contributed by atoms with E-state index in [1.807, 2.05) is 6.92 Å². The number of hydrogen-bond donors (Lipinski definition) is 0. The maximum Gasteiger partial charge on any atom is 0.0934 e. The first kappa shape index (κ1) is 11.2. The lowest BCUT2D eigenvalue weighted by molar-refractivity contribution is 1.14. The Balaban J connectivity index is 3.08. The molecule has 0 atom stereocenters. The number of halogens is 2. The third-order valence-electron chi connectivity index (χ3n) is 1.59. The summed E-state index contributed by atoms with van der Waals surface area (Å²) in [5.74, 6) is 0. The van der Waals surface area contributed by atoms with Crippen LogP contribution < -0.4 is 0 Å². The van der Waals surface area contributed by atoms with Crippen molar-refractivity contribution in [2.75, 3.05) is 6.54 Å². The van der Waals surface area contributed by atoms with E-state index in [1.54, 1.807) is 24.4 Å². The zero-order valence-corrected chi connectivity index (χ0v) is 9.26. The predicted molar refractivity (Wildman–Crippen MR) is 63.6 cm³/mol. The number of rotatable bonds is 3. The monoisotopic (exact) mass is 228 g/mol. The van der Waals surface area contributed by atoms with Gasteiger partial charge in [-0.15, -0.1) is 0 Å². The van der Waals surface area contributed by atoms with Gasteiger partial charge in [0.2, 0.25) is 0 Å². The summed E-state index contributed by atoms with van der Waals surface area (Å²) >= 11 is 11.3. The summed E-state index contributed by atoms with van der Waals surface area (Å²) in [6.07, 6.45) is 1.74. The van der Waals surface area contributed by atoms with Gasteiger partial charge in [-0.3, -0.25) is 4.99 Å². The third kappa shape index (κ3) is 3.13. The Kier molecular flexibility index (Phi) is 4.63. The highest BCUT2D eigenvalue weighted by Crippen LogP contribution is 2.21. The first-order valence-corrected chi connectivity index (χ1v) is 5.01. The lowest BCUT2D eigenvalue weighted by atomic mass is 10.2. The summed E-state index contributed by atoms with van der Waals surface area (Å²) in [5, 5.41) is 0.663. The second kappa shape index (κ2) is 5.78. The molecule has 0 N–H and O–H groups in total. The molecular formula is C10H10Cl2N2.